The molecule has 0 atom stereocenters. The highest BCUT2D eigenvalue weighted by atomic mass is 32.2. The van der Waals surface area contributed by atoms with Gasteiger partial charge in [0, 0.05) is 25.4 Å². The summed E-state index contributed by atoms with van der Waals surface area (Å²) in [7, 11) is -1.85. The Morgan fingerprint density at radius 2 is 2.10 bits per heavy atom. The molecule has 0 amide bonds. The van der Waals surface area contributed by atoms with Gasteiger partial charge in [0.05, 0.1) is 17.7 Å². The summed E-state index contributed by atoms with van der Waals surface area (Å²) in [6, 6.07) is 4.99. The summed E-state index contributed by atoms with van der Waals surface area (Å²) < 4.78 is 29.1. The second-order valence-corrected chi connectivity index (χ2v) is 6.54. The van der Waals surface area contributed by atoms with Gasteiger partial charge >= 0.3 is 0 Å². The van der Waals surface area contributed by atoms with Crippen molar-refractivity contribution in [1.82, 2.24) is 14.5 Å². The molecule has 0 radical (unpaired) electrons. The van der Waals surface area contributed by atoms with Gasteiger partial charge in [-0.15, -0.1) is 0 Å². The summed E-state index contributed by atoms with van der Waals surface area (Å²) in [5, 5.41) is 13.2. The maximum atomic E-state index is 12.4. The largest absolute Gasteiger partial charge is 0.392 e. The van der Waals surface area contributed by atoms with E-state index < -0.39 is 10.0 Å². The summed E-state index contributed by atoms with van der Waals surface area (Å²) in [6.07, 6.45) is 3.98. The minimum absolute atomic E-state index is 0.183. The fraction of sp³-hybridized carbons (Fsp3) is 0.357. The number of sulfonamides is 1. The molecule has 0 unspecified atom stereocenters. The fourth-order valence-electron chi connectivity index (χ4n) is 2.06. The van der Waals surface area contributed by atoms with Crippen molar-refractivity contribution in [2.45, 2.75) is 31.4 Å². The molecule has 0 aliphatic rings. The zero-order chi connectivity index (χ0) is 15.5. The first-order valence-corrected chi connectivity index (χ1v) is 8.14. The Morgan fingerprint density at radius 3 is 2.67 bits per heavy atom. The van der Waals surface area contributed by atoms with Crippen LogP contribution in [-0.4, -0.2) is 23.3 Å². The highest BCUT2D eigenvalue weighted by Gasteiger charge is 2.18. The number of hydrogen-bond donors (Lipinski definition) is 2. The summed E-state index contributed by atoms with van der Waals surface area (Å²) in [5.41, 5.74) is 2.09. The van der Waals surface area contributed by atoms with Crippen molar-refractivity contribution < 1.29 is 13.5 Å². The highest BCUT2D eigenvalue weighted by Crippen LogP contribution is 2.19. The number of nitrogens with one attached hydrogen (secondary N) is 1. The van der Waals surface area contributed by atoms with Crippen LogP contribution in [0.3, 0.4) is 0 Å². The molecule has 6 nitrogen and oxygen atoms in total. The van der Waals surface area contributed by atoms with Crippen LogP contribution in [-0.2, 0) is 36.6 Å². The van der Waals surface area contributed by atoms with Crippen molar-refractivity contribution in [2.24, 2.45) is 7.05 Å². The van der Waals surface area contributed by atoms with E-state index in [9.17, 15) is 13.5 Å². The van der Waals surface area contributed by atoms with Crippen LogP contribution in [0.15, 0.2) is 35.5 Å². The third kappa shape index (κ3) is 3.69. The maximum absolute atomic E-state index is 12.4. The topological polar surface area (TPSA) is 84.2 Å². The zero-order valence-electron chi connectivity index (χ0n) is 12.1. The van der Waals surface area contributed by atoms with Crippen LogP contribution in [0.25, 0.3) is 0 Å². The summed E-state index contributed by atoms with van der Waals surface area (Å²) in [6.45, 7) is 1.89. The minimum Gasteiger partial charge on any atom is -0.392 e. The van der Waals surface area contributed by atoms with Gasteiger partial charge in [-0.1, -0.05) is 19.1 Å². The van der Waals surface area contributed by atoms with E-state index in [2.05, 4.69) is 9.82 Å². The quantitative estimate of drug-likeness (QED) is 0.832. The van der Waals surface area contributed by atoms with Gasteiger partial charge in [0.1, 0.15) is 0 Å². The molecule has 114 valence electrons. The van der Waals surface area contributed by atoms with Crippen molar-refractivity contribution in [1.29, 1.82) is 0 Å². The molecule has 2 rings (SSSR count). The van der Waals surface area contributed by atoms with Gasteiger partial charge in [0.2, 0.25) is 10.0 Å². The Morgan fingerprint density at radius 1 is 1.33 bits per heavy atom. The van der Waals surface area contributed by atoms with Gasteiger partial charge in [0.25, 0.3) is 0 Å². The molecular formula is C14H19N3O3S. The molecule has 0 spiro atoms. The third-order valence-corrected chi connectivity index (χ3v) is 4.69. The Kier molecular flexibility index (Phi) is 4.76. The number of nitrogens with zero attached hydrogens (tertiary/aromatic N) is 2. The predicted molar refractivity (Wildman–Crippen MR) is 79.0 cm³/mol. The lowest BCUT2D eigenvalue weighted by atomic mass is 10.1. The van der Waals surface area contributed by atoms with Crippen LogP contribution in [0.4, 0.5) is 0 Å². The van der Waals surface area contributed by atoms with Gasteiger partial charge in [-0.2, -0.15) is 5.10 Å². The second-order valence-electron chi connectivity index (χ2n) is 4.80. The van der Waals surface area contributed by atoms with Gasteiger partial charge in [0.15, 0.2) is 0 Å². The number of aliphatic hydroxyl groups is 1. The van der Waals surface area contributed by atoms with E-state index in [1.165, 1.54) is 6.07 Å². The molecule has 1 aromatic carbocycles. The molecule has 21 heavy (non-hydrogen) atoms. The number of hydrogen-bond acceptors (Lipinski definition) is 4. The zero-order valence-corrected chi connectivity index (χ0v) is 12.9. The maximum Gasteiger partial charge on any atom is 0.241 e. The van der Waals surface area contributed by atoms with Crippen LogP contribution in [0, 0.1) is 0 Å². The number of rotatable bonds is 6. The van der Waals surface area contributed by atoms with Crippen LogP contribution in [0.5, 0.6) is 0 Å². The van der Waals surface area contributed by atoms with Crippen molar-refractivity contribution in [3.8, 4) is 0 Å². The fourth-order valence-corrected chi connectivity index (χ4v) is 3.44. The number of benzene rings is 1. The van der Waals surface area contributed by atoms with Gasteiger partial charge < -0.3 is 5.11 Å². The summed E-state index contributed by atoms with van der Waals surface area (Å²) >= 11 is 0. The Bertz CT molecular complexity index is 723. The Hall–Kier alpha value is -1.70. The molecule has 0 fully saturated rings. The van der Waals surface area contributed by atoms with Gasteiger partial charge in [-0.05, 0) is 23.6 Å². The lowest BCUT2D eigenvalue weighted by Gasteiger charge is -2.11. The number of aromatic nitrogens is 2. The first-order chi connectivity index (χ1) is 9.96. The van der Waals surface area contributed by atoms with Crippen molar-refractivity contribution >= 4 is 10.0 Å². The second kappa shape index (κ2) is 6.38. The standard InChI is InChI=1S/C14H19N3O3S/c1-3-13-5-4-11(10-18)6-14(13)21(19,20)16-8-12-7-15-17(2)9-12/h4-7,9,16,18H,3,8,10H2,1-2H3. The molecule has 1 heterocycles. The van der Waals surface area contributed by atoms with Gasteiger partial charge in [-0.25, -0.2) is 13.1 Å². The molecular weight excluding hydrogens is 290 g/mol. The molecule has 0 bridgehead atoms. The summed E-state index contributed by atoms with van der Waals surface area (Å²) in [5.74, 6) is 0. The van der Waals surface area contributed by atoms with E-state index in [1.54, 1.807) is 36.3 Å². The van der Waals surface area contributed by atoms with Crippen LogP contribution >= 0.6 is 0 Å². The average molecular weight is 309 g/mol. The molecule has 2 aromatic rings. The summed E-state index contributed by atoms with van der Waals surface area (Å²) in [4.78, 5) is 0.223. The van der Waals surface area contributed by atoms with Gasteiger partial charge in [-0.3, -0.25) is 4.68 Å². The molecule has 0 aliphatic carbocycles. The Labute approximate surface area is 124 Å². The van der Waals surface area contributed by atoms with Crippen LogP contribution < -0.4 is 4.72 Å². The van der Waals surface area contributed by atoms with E-state index in [1.807, 2.05) is 6.92 Å². The molecule has 0 saturated heterocycles. The molecule has 0 saturated carbocycles. The number of aryl methyl sites for hydroxylation is 2. The lowest BCUT2D eigenvalue weighted by Crippen LogP contribution is -2.24. The van der Waals surface area contributed by atoms with E-state index in [0.717, 1.165) is 11.1 Å². The number of aliphatic hydroxyl groups excluding tert-OH is 1. The Balaban J connectivity index is 2.26. The minimum atomic E-state index is -3.62. The average Bonchev–Trinajstić information content (AvgIpc) is 2.90. The van der Waals surface area contributed by atoms with E-state index >= 15 is 0 Å². The first-order valence-electron chi connectivity index (χ1n) is 6.66. The molecule has 7 heteroatoms. The van der Waals surface area contributed by atoms with E-state index in [-0.39, 0.29) is 18.0 Å². The van der Waals surface area contributed by atoms with E-state index in [0.29, 0.717) is 12.0 Å². The van der Waals surface area contributed by atoms with Crippen molar-refractivity contribution in [3.63, 3.8) is 0 Å². The lowest BCUT2D eigenvalue weighted by molar-refractivity contribution is 0.281. The normalized spacial score (nSPS) is 11.8. The molecule has 0 aliphatic heterocycles. The van der Waals surface area contributed by atoms with Crippen molar-refractivity contribution in [3.05, 3.63) is 47.3 Å². The van der Waals surface area contributed by atoms with Crippen LogP contribution in [0.2, 0.25) is 0 Å². The van der Waals surface area contributed by atoms with E-state index in [4.69, 9.17) is 0 Å². The third-order valence-electron chi connectivity index (χ3n) is 3.21. The van der Waals surface area contributed by atoms with Crippen LogP contribution in [0.1, 0.15) is 23.6 Å². The SMILES string of the molecule is CCc1ccc(CO)cc1S(=O)(=O)NCc1cnn(C)c1. The predicted octanol–water partition coefficient (Wildman–Crippen LogP) is 0.953. The molecule has 1 aromatic heterocycles. The highest BCUT2D eigenvalue weighted by molar-refractivity contribution is 7.89. The smallest absolute Gasteiger partial charge is 0.241 e. The first kappa shape index (κ1) is 15.7. The monoisotopic (exact) mass is 309 g/mol. The van der Waals surface area contributed by atoms with Crippen molar-refractivity contribution in [2.75, 3.05) is 0 Å². The molecule has 2 N–H and O–H groups in total.